The molecule has 0 aliphatic rings. The Morgan fingerprint density at radius 3 is 2.66 bits per heavy atom. The third kappa shape index (κ3) is 3.89. The van der Waals surface area contributed by atoms with E-state index in [-0.39, 0.29) is 18.0 Å². The van der Waals surface area contributed by atoms with Crippen LogP contribution in [0.5, 0.6) is 5.75 Å². The Morgan fingerprint density at radius 1 is 1.10 bits per heavy atom. The van der Waals surface area contributed by atoms with Gasteiger partial charge in [-0.2, -0.15) is 0 Å². The van der Waals surface area contributed by atoms with Gasteiger partial charge in [0.1, 0.15) is 12.3 Å². The van der Waals surface area contributed by atoms with Crippen molar-refractivity contribution in [1.29, 1.82) is 0 Å². The summed E-state index contributed by atoms with van der Waals surface area (Å²) in [5, 5.41) is 24.1. The topological polar surface area (TPSA) is 95.1 Å². The number of H-pyrrole nitrogens is 1. The number of aromatic amines is 1. The van der Waals surface area contributed by atoms with E-state index in [2.05, 4.69) is 27.0 Å². The van der Waals surface area contributed by atoms with Crippen LogP contribution in [0.2, 0.25) is 0 Å². The largest absolute Gasteiger partial charge is 0.508 e. The second-order valence-electron chi connectivity index (χ2n) is 6.94. The van der Waals surface area contributed by atoms with Gasteiger partial charge in [0, 0.05) is 42.9 Å². The van der Waals surface area contributed by atoms with E-state index < -0.39 is 4.92 Å². The van der Waals surface area contributed by atoms with Gasteiger partial charge >= 0.3 is 0 Å². The lowest BCUT2D eigenvalue weighted by Gasteiger charge is -2.08. The second-order valence-corrected chi connectivity index (χ2v) is 6.94. The number of non-ortho nitro benzene ring substituents is 1. The smallest absolute Gasteiger partial charge is 0.270 e. The van der Waals surface area contributed by atoms with Crippen molar-refractivity contribution in [2.24, 2.45) is 0 Å². The van der Waals surface area contributed by atoms with Crippen LogP contribution < -0.4 is 9.88 Å². The lowest BCUT2D eigenvalue weighted by molar-refractivity contribution is -0.668. The molecule has 146 valence electrons. The van der Waals surface area contributed by atoms with Crippen molar-refractivity contribution in [3.05, 3.63) is 93.8 Å². The molecule has 0 radical (unpaired) electrons. The summed E-state index contributed by atoms with van der Waals surface area (Å²) >= 11 is 0. The molecular formula is C22H21N4O3+. The van der Waals surface area contributed by atoms with Gasteiger partial charge in [0.15, 0.2) is 11.0 Å². The quantitative estimate of drug-likeness (QED) is 0.263. The first-order valence-corrected chi connectivity index (χ1v) is 9.27. The van der Waals surface area contributed by atoms with Crippen LogP contribution in [0.1, 0.15) is 17.0 Å². The first-order chi connectivity index (χ1) is 14.0. The minimum Gasteiger partial charge on any atom is -0.508 e. The number of nitro benzene ring substituents is 1. The fraction of sp³-hybridized carbons (Fsp3) is 0.136. The van der Waals surface area contributed by atoms with Crippen LogP contribution in [0.4, 0.5) is 11.4 Å². The number of imidazole rings is 1. The number of nitrogens with one attached hydrogen (secondary N) is 2. The van der Waals surface area contributed by atoms with E-state index in [0.29, 0.717) is 5.56 Å². The number of aryl methyl sites for hydroxylation is 1. The van der Waals surface area contributed by atoms with Crippen LogP contribution in [0.3, 0.4) is 0 Å². The summed E-state index contributed by atoms with van der Waals surface area (Å²) in [7, 11) is 0. The van der Waals surface area contributed by atoms with Crippen LogP contribution in [0.25, 0.3) is 11.0 Å². The van der Waals surface area contributed by atoms with E-state index in [0.717, 1.165) is 29.1 Å². The van der Waals surface area contributed by atoms with E-state index in [1.54, 1.807) is 0 Å². The van der Waals surface area contributed by atoms with Crippen molar-refractivity contribution in [3.63, 3.8) is 0 Å². The molecule has 0 fully saturated rings. The van der Waals surface area contributed by atoms with Gasteiger partial charge in [-0.1, -0.05) is 30.3 Å². The fourth-order valence-electron chi connectivity index (χ4n) is 3.42. The number of fused-ring (bicyclic) bond motifs is 1. The SMILES string of the molecule is Cc1[nH]c2cc(NCc3cc([N+](=O)[O-])ccc3O)ccc2[n+]1Cc1ccccc1. The lowest BCUT2D eigenvalue weighted by atomic mass is 10.1. The van der Waals surface area contributed by atoms with Crippen LogP contribution >= 0.6 is 0 Å². The molecule has 7 heteroatoms. The average molecular weight is 389 g/mol. The monoisotopic (exact) mass is 389 g/mol. The van der Waals surface area contributed by atoms with Crippen molar-refractivity contribution < 1.29 is 14.6 Å². The van der Waals surface area contributed by atoms with E-state index in [1.165, 1.54) is 23.8 Å². The molecule has 0 spiro atoms. The number of nitrogens with zero attached hydrogens (tertiary/aromatic N) is 2. The maximum atomic E-state index is 10.9. The zero-order chi connectivity index (χ0) is 20.4. The Kier molecular flexibility index (Phi) is 4.87. The Balaban J connectivity index is 1.56. The van der Waals surface area contributed by atoms with Crippen molar-refractivity contribution in [2.45, 2.75) is 20.0 Å². The number of anilines is 1. The minimum absolute atomic E-state index is 0.0283. The fourth-order valence-corrected chi connectivity index (χ4v) is 3.42. The molecule has 3 aromatic carbocycles. The molecule has 0 aliphatic heterocycles. The third-order valence-corrected chi connectivity index (χ3v) is 4.95. The van der Waals surface area contributed by atoms with Gasteiger partial charge in [0.2, 0.25) is 0 Å². The number of aromatic hydroxyl groups is 1. The summed E-state index contributed by atoms with van der Waals surface area (Å²) in [6.07, 6.45) is 0. The third-order valence-electron chi connectivity index (χ3n) is 4.95. The minimum atomic E-state index is -0.470. The van der Waals surface area contributed by atoms with Crippen molar-refractivity contribution in [2.75, 3.05) is 5.32 Å². The van der Waals surface area contributed by atoms with Gasteiger partial charge in [-0.25, -0.2) is 9.55 Å². The molecule has 3 N–H and O–H groups in total. The summed E-state index contributed by atoms with van der Waals surface area (Å²) in [6.45, 7) is 3.10. The molecule has 7 nitrogen and oxygen atoms in total. The summed E-state index contributed by atoms with van der Waals surface area (Å²) < 4.78 is 2.22. The highest BCUT2D eigenvalue weighted by atomic mass is 16.6. The summed E-state index contributed by atoms with van der Waals surface area (Å²) in [4.78, 5) is 13.9. The molecule has 1 heterocycles. The molecule has 29 heavy (non-hydrogen) atoms. The van der Waals surface area contributed by atoms with Gasteiger partial charge in [-0.3, -0.25) is 10.1 Å². The number of phenols is 1. The highest BCUT2D eigenvalue weighted by molar-refractivity contribution is 5.76. The zero-order valence-electron chi connectivity index (χ0n) is 15.9. The number of hydrogen-bond donors (Lipinski definition) is 3. The van der Waals surface area contributed by atoms with Gasteiger partial charge in [0.25, 0.3) is 11.5 Å². The summed E-state index contributed by atoms with van der Waals surface area (Å²) in [5.74, 6) is 1.08. The molecule has 1 aromatic heterocycles. The average Bonchev–Trinajstić information content (AvgIpc) is 3.02. The highest BCUT2D eigenvalue weighted by Gasteiger charge is 2.16. The summed E-state index contributed by atoms with van der Waals surface area (Å²) in [5.41, 5.74) is 4.60. The number of hydrogen-bond acceptors (Lipinski definition) is 4. The van der Waals surface area contributed by atoms with Gasteiger partial charge in [-0.15, -0.1) is 0 Å². The van der Waals surface area contributed by atoms with Crippen molar-refractivity contribution in [1.82, 2.24) is 4.98 Å². The van der Waals surface area contributed by atoms with Crippen molar-refractivity contribution in [3.8, 4) is 5.75 Å². The van der Waals surface area contributed by atoms with Gasteiger partial charge in [-0.05, 0) is 23.8 Å². The first-order valence-electron chi connectivity index (χ1n) is 9.27. The standard InChI is InChI=1S/C22H20N4O3/c1-15-24-20-12-18(23-13-17-11-19(26(28)29)8-10-22(17)27)7-9-21(20)25(15)14-16-5-3-2-4-6-16/h2-12,23,27H,13-14H2,1H3/p+1. The Bertz CT molecular complexity index is 1190. The molecule has 0 unspecified atom stereocenters. The predicted octanol–water partition coefficient (Wildman–Crippen LogP) is 4.04. The number of rotatable bonds is 6. The Labute approximate surface area is 167 Å². The molecular weight excluding hydrogens is 368 g/mol. The predicted molar refractivity (Wildman–Crippen MR) is 111 cm³/mol. The Hall–Kier alpha value is -3.87. The van der Waals surface area contributed by atoms with Crippen LogP contribution in [-0.4, -0.2) is 15.0 Å². The van der Waals surface area contributed by atoms with E-state index >= 15 is 0 Å². The number of nitro groups is 1. The zero-order valence-corrected chi connectivity index (χ0v) is 15.9. The number of aromatic nitrogens is 2. The van der Waals surface area contributed by atoms with Crippen LogP contribution in [0, 0.1) is 17.0 Å². The normalized spacial score (nSPS) is 10.9. The first kappa shape index (κ1) is 18.5. The number of phenolic OH excluding ortho intramolecular Hbond substituents is 1. The van der Waals surface area contributed by atoms with Crippen molar-refractivity contribution >= 4 is 22.4 Å². The molecule has 0 bridgehead atoms. The number of benzene rings is 3. The molecule has 0 atom stereocenters. The lowest BCUT2D eigenvalue weighted by Crippen LogP contribution is -2.36. The molecule has 0 aliphatic carbocycles. The maximum absolute atomic E-state index is 10.9. The maximum Gasteiger partial charge on any atom is 0.270 e. The summed E-state index contributed by atoms with van der Waals surface area (Å²) in [6, 6.07) is 20.3. The molecule has 0 saturated carbocycles. The van der Waals surface area contributed by atoms with Crippen LogP contribution in [-0.2, 0) is 13.1 Å². The van der Waals surface area contributed by atoms with Gasteiger partial charge in [0.05, 0.1) is 4.92 Å². The molecule has 0 amide bonds. The molecule has 0 saturated heterocycles. The second kappa shape index (κ2) is 7.63. The molecule has 4 aromatic rings. The molecule has 4 rings (SSSR count). The van der Waals surface area contributed by atoms with E-state index in [1.807, 2.05) is 43.3 Å². The van der Waals surface area contributed by atoms with E-state index in [4.69, 9.17) is 0 Å². The highest BCUT2D eigenvalue weighted by Crippen LogP contribution is 2.24. The van der Waals surface area contributed by atoms with Crippen LogP contribution in [0.15, 0.2) is 66.7 Å². The van der Waals surface area contributed by atoms with E-state index in [9.17, 15) is 15.2 Å². The van der Waals surface area contributed by atoms with Gasteiger partial charge < -0.3 is 10.4 Å². The Morgan fingerprint density at radius 2 is 1.90 bits per heavy atom.